The quantitative estimate of drug-likeness (QED) is 0.811. The molecule has 0 aliphatic heterocycles. The van der Waals surface area contributed by atoms with Gasteiger partial charge in [0, 0.05) is 5.54 Å². The molecule has 1 unspecified atom stereocenters. The Morgan fingerprint density at radius 1 is 1.07 bits per heavy atom. The number of ether oxygens (including phenoxy) is 1. The molecule has 0 heterocycles. The molecule has 3 nitrogen and oxygen atoms in total. The van der Waals surface area contributed by atoms with Gasteiger partial charge >= 0.3 is 0 Å². The molecular weight excluding hydrogens is 334 g/mol. The second kappa shape index (κ2) is 6.83. The zero-order chi connectivity index (χ0) is 18.4. The van der Waals surface area contributed by atoms with E-state index < -0.39 is 0 Å². The minimum atomic E-state index is -0.375. The molecule has 4 saturated carbocycles. The third-order valence-corrected chi connectivity index (χ3v) is 7.69. The summed E-state index contributed by atoms with van der Waals surface area (Å²) in [6.07, 6.45) is 13.0. The van der Waals surface area contributed by atoms with Gasteiger partial charge in [0.2, 0.25) is 0 Å². The van der Waals surface area contributed by atoms with Crippen molar-refractivity contribution in [1.82, 2.24) is 5.32 Å². The van der Waals surface area contributed by atoms with Crippen LogP contribution in [0, 0.1) is 17.8 Å². The summed E-state index contributed by atoms with van der Waals surface area (Å²) in [6, 6.07) is 6.44. The first-order valence-electron chi connectivity index (χ1n) is 11.2. The molecule has 1 aromatic carbocycles. The molecule has 1 aromatic rings. The normalized spacial score (nSPS) is 34.8. The first kappa shape index (κ1) is 17.6. The monoisotopic (exact) mass is 367 g/mol. The van der Waals surface area contributed by atoms with E-state index in [0.29, 0.717) is 0 Å². The topological polar surface area (TPSA) is 38.3 Å². The van der Waals surface area contributed by atoms with Gasteiger partial charge in [0.1, 0.15) is 5.75 Å². The molecule has 0 radical (unpaired) electrons. The lowest BCUT2D eigenvalue weighted by Gasteiger charge is -2.57. The van der Waals surface area contributed by atoms with Gasteiger partial charge in [-0.1, -0.05) is 13.0 Å². The van der Waals surface area contributed by atoms with E-state index >= 15 is 0 Å². The fourth-order valence-electron chi connectivity index (χ4n) is 6.88. The number of nitrogens with one attached hydrogen (secondary N) is 1. The molecule has 5 aliphatic rings. The van der Waals surface area contributed by atoms with Crippen LogP contribution < -0.4 is 10.1 Å². The number of rotatable bonds is 5. The number of fused-ring (bicyclic) bond motifs is 1. The van der Waals surface area contributed by atoms with Crippen LogP contribution >= 0.6 is 0 Å². The average Bonchev–Trinajstić information content (AvgIpc) is 2.64. The van der Waals surface area contributed by atoms with Crippen molar-refractivity contribution >= 4 is 5.91 Å². The summed E-state index contributed by atoms with van der Waals surface area (Å²) in [5.41, 5.74) is 2.94. The Bertz CT molecular complexity index is 690. The van der Waals surface area contributed by atoms with Crippen molar-refractivity contribution in [2.24, 2.45) is 17.8 Å². The van der Waals surface area contributed by atoms with Crippen LogP contribution in [0.3, 0.4) is 0 Å². The molecule has 1 atom stereocenters. The van der Waals surface area contributed by atoms with Gasteiger partial charge in [-0.3, -0.25) is 4.79 Å². The molecule has 5 aliphatic carbocycles. The van der Waals surface area contributed by atoms with Crippen molar-refractivity contribution in [3.8, 4) is 5.75 Å². The second-order valence-corrected chi connectivity index (χ2v) is 9.84. The molecule has 4 fully saturated rings. The van der Waals surface area contributed by atoms with Crippen LogP contribution in [-0.2, 0) is 17.6 Å². The lowest BCUT2D eigenvalue weighted by atomic mass is 9.53. The molecule has 0 spiro atoms. The summed E-state index contributed by atoms with van der Waals surface area (Å²) in [4.78, 5) is 13.1. The summed E-state index contributed by atoms with van der Waals surface area (Å²) in [6.45, 7) is 2.06. The standard InChI is InChI=1S/C24H33NO2/c1-2-22(27-21-8-7-19-5-3-4-6-20(19)12-21)23(26)25-24-13-16-9-17(14-24)11-18(10-16)15-24/h7-8,12,16-18,22H,2-6,9-11,13-15H2,1H3,(H,25,26). The summed E-state index contributed by atoms with van der Waals surface area (Å²) in [5.74, 6) is 3.51. The van der Waals surface area contributed by atoms with Crippen molar-refractivity contribution < 1.29 is 9.53 Å². The zero-order valence-electron chi connectivity index (χ0n) is 16.6. The first-order valence-corrected chi connectivity index (χ1v) is 11.2. The first-order chi connectivity index (χ1) is 13.1. The van der Waals surface area contributed by atoms with Crippen molar-refractivity contribution in [3.63, 3.8) is 0 Å². The second-order valence-electron chi connectivity index (χ2n) is 9.84. The smallest absolute Gasteiger partial charge is 0.261 e. The highest BCUT2D eigenvalue weighted by molar-refractivity contribution is 5.82. The number of aryl methyl sites for hydroxylation is 2. The number of carbonyl (C=O) groups excluding carboxylic acids is 1. The summed E-state index contributed by atoms with van der Waals surface area (Å²) >= 11 is 0. The van der Waals surface area contributed by atoms with Gasteiger partial charge in [0.05, 0.1) is 0 Å². The number of benzene rings is 1. The number of amides is 1. The van der Waals surface area contributed by atoms with E-state index in [2.05, 4.69) is 30.4 Å². The summed E-state index contributed by atoms with van der Waals surface area (Å²) in [7, 11) is 0. The predicted octanol–water partition coefficient (Wildman–Crippen LogP) is 4.81. The van der Waals surface area contributed by atoms with E-state index in [0.717, 1.165) is 36.3 Å². The Labute approximate surface area is 163 Å². The van der Waals surface area contributed by atoms with E-state index in [4.69, 9.17) is 4.74 Å². The van der Waals surface area contributed by atoms with Gasteiger partial charge in [-0.15, -0.1) is 0 Å². The number of hydrogen-bond acceptors (Lipinski definition) is 2. The molecule has 1 amide bonds. The van der Waals surface area contributed by atoms with E-state index in [1.165, 1.54) is 68.9 Å². The van der Waals surface area contributed by atoms with Gasteiger partial charge in [-0.2, -0.15) is 0 Å². The minimum absolute atomic E-state index is 0.0679. The van der Waals surface area contributed by atoms with Crippen LogP contribution in [0.5, 0.6) is 5.75 Å². The van der Waals surface area contributed by atoms with E-state index in [1.807, 2.05) is 0 Å². The molecule has 3 heteroatoms. The maximum atomic E-state index is 13.1. The Kier molecular flexibility index (Phi) is 4.44. The van der Waals surface area contributed by atoms with Crippen molar-refractivity contribution in [2.45, 2.75) is 89.2 Å². The fraction of sp³-hybridized carbons (Fsp3) is 0.708. The molecule has 0 saturated heterocycles. The predicted molar refractivity (Wildman–Crippen MR) is 107 cm³/mol. The maximum absolute atomic E-state index is 13.1. The number of carbonyl (C=O) groups is 1. The van der Waals surface area contributed by atoms with Crippen LogP contribution in [0.2, 0.25) is 0 Å². The lowest BCUT2D eigenvalue weighted by molar-refractivity contribution is -0.134. The van der Waals surface area contributed by atoms with E-state index in [9.17, 15) is 4.79 Å². The van der Waals surface area contributed by atoms with E-state index in [-0.39, 0.29) is 17.6 Å². The van der Waals surface area contributed by atoms with Crippen LogP contribution in [0.4, 0.5) is 0 Å². The van der Waals surface area contributed by atoms with Crippen LogP contribution in [0.15, 0.2) is 18.2 Å². The van der Waals surface area contributed by atoms with Gasteiger partial charge in [0.15, 0.2) is 6.10 Å². The highest BCUT2D eigenvalue weighted by atomic mass is 16.5. The van der Waals surface area contributed by atoms with Gasteiger partial charge in [0.25, 0.3) is 5.91 Å². The molecule has 6 rings (SSSR count). The number of hydrogen-bond donors (Lipinski definition) is 1. The Balaban J connectivity index is 1.27. The van der Waals surface area contributed by atoms with Crippen LogP contribution in [0.25, 0.3) is 0 Å². The SMILES string of the molecule is CCC(Oc1ccc2c(c1)CCCC2)C(=O)NC12CC3CC(CC(C3)C1)C2. The highest BCUT2D eigenvalue weighted by Gasteiger charge is 2.51. The minimum Gasteiger partial charge on any atom is -0.481 e. The Morgan fingerprint density at radius 2 is 1.70 bits per heavy atom. The third kappa shape index (κ3) is 3.39. The van der Waals surface area contributed by atoms with Gasteiger partial charge in [-0.05, 0) is 112 Å². The maximum Gasteiger partial charge on any atom is 0.261 e. The van der Waals surface area contributed by atoms with E-state index in [1.54, 1.807) is 0 Å². The average molecular weight is 368 g/mol. The van der Waals surface area contributed by atoms with Crippen molar-refractivity contribution in [1.29, 1.82) is 0 Å². The van der Waals surface area contributed by atoms with Gasteiger partial charge < -0.3 is 10.1 Å². The Hall–Kier alpha value is -1.51. The molecule has 4 bridgehead atoms. The summed E-state index contributed by atoms with van der Waals surface area (Å²) < 4.78 is 6.19. The van der Waals surface area contributed by atoms with Crippen molar-refractivity contribution in [3.05, 3.63) is 29.3 Å². The largest absolute Gasteiger partial charge is 0.481 e. The lowest BCUT2D eigenvalue weighted by Crippen LogP contribution is -2.61. The zero-order valence-corrected chi connectivity index (χ0v) is 16.6. The molecule has 1 N–H and O–H groups in total. The van der Waals surface area contributed by atoms with Crippen LogP contribution in [0.1, 0.15) is 75.8 Å². The fourth-order valence-corrected chi connectivity index (χ4v) is 6.88. The van der Waals surface area contributed by atoms with Gasteiger partial charge in [-0.25, -0.2) is 0 Å². The molecule has 27 heavy (non-hydrogen) atoms. The summed E-state index contributed by atoms with van der Waals surface area (Å²) in [5, 5.41) is 3.49. The molecule has 146 valence electrons. The molecular formula is C24H33NO2. The van der Waals surface area contributed by atoms with Crippen molar-refractivity contribution in [2.75, 3.05) is 0 Å². The Morgan fingerprint density at radius 3 is 2.33 bits per heavy atom. The van der Waals surface area contributed by atoms with Crippen LogP contribution in [-0.4, -0.2) is 17.6 Å². The molecule has 0 aromatic heterocycles. The third-order valence-electron chi connectivity index (χ3n) is 7.69. The highest BCUT2D eigenvalue weighted by Crippen LogP contribution is 2.55.